The number of aromatic nitrogens is 4. The Bertz CT molecular complexity index is 2240. The van der Waals surface area contributed by atoms with Gasteiger partial charge in [0.15, 0.2) is 11.6 Å². The Kier molecular flexibility index (Phi) is 10.5. The smallest absolute Gasteiger partial charge is 0.255 e. The molecule has 14 nitrogen and oxygen atoms in total. The summed E-state index contributed by atoms with van der Waals surface area (Å²) in [5, 5.41) is 11.2. The van der Waals surface area contributed by atoms with Gasteiger partial charge >= 0.3 is 0 Å². The molecule has 60 heavy (non-hydrogen) atoms. The van der Waals surface area contributed by atoms with Crippen molar-refractivity contribution in [3.05, 3.63) is 53.6 Å². The van der Waals surface area contributed by atoms with Crippen LogP contribution >= 0.6 is 0 Å². The van der Waals surface area contributed by atoms with E-state index in [1.807, 2.05) is 25.1 Å². The molecular weight excluding hydrogens is 766 g/mol. The van der Waals surface area contributed by atoms with Crippen molar-refractivity contribution in [2.24, 2.45) is 5.92 Å². The molecule has 0 bridgehead atoms. The van der Waals surface area contributed by atoms with Crippen molar-refractivity contribution in [3.8, 4) is 22.9 Å². The number of methoxy groups -OCH3 is 1. The van der Waals surface area contributed by atoms with Gasteiger partial charge in [0.1, 0.15) is 35.2 Å². The second kappa shape index (κ2) is 16.1. The van der Waals surface area contributed by atoms with Gasteiger partial charge in [0.05, 0.1) is 42.8 Å². The number of aromatic amines is 1. The average Bonchev–Trinajstić information content (AvgIpc) is 3.71. The molecule has 2 aromatic heterocycles. The monoisotopic (exact) mass is 821 g/mol. The highest BCUT2D eigenvalue weighted by molar-refractivity contribution is 6.02. The number of hydrogen-bond acceptors (Lipinski definition) is 11. The summed E-state index contributed by atoms with van der Waals surface area (Å²) >= 11 is 0. The van der Waals surface area contributed by atoms with Gasteiger partial charge < -0.3 is 34.2 Å². The zero-order valence-electron chi connectivity index (χ0n) is 34.8. The number of carbonyl (C=O) groups is 2. The minimum atomic E-state index is -0.417. The van der Waals surface area contributed by atoms with E-state index in [9.17, 15) is 14.0 Å². The molecule has 6 heterocycles. The normalized spacial score (nSPS) is 24.8. The highest BCUT2D eigenvalue weighted by Crippen LogP contribution is 2.43. The molecular formula is C45H56FN9O5. The van der Waals surface area contributed by atoms with Gasteiger partial charge in [-0.15, -0.1) is 0 Å². The van der Waals surface area contributed by atoms with Crippen molar-refractivity contribution in [1.29, 1.82) is 0 Å². The number of ether oxygens (including phenoxy) is 3. The van der Waals surface area contributed by atoms with E-state index in [0.29, 0.717) is 54.0 Å². The van der Waals surface area contributed by atoms with Crippen LogP contribution in [0.3, 0.4) is 0 Å². The molecule has 4 aliphatic heterocycles. The summed E-state index contributed by atoms with van der Waals surface area (Å²) in [4.78, 5) is 44.1. The first-order chi connectivity index (χ1) is 29.2. The zero-order chi connectivity index (χ0) is 41.0. The Labute approximate surface area is 350 Å². The number of hydrogen-bond donors (Lipinski definition) is 2. The molecule has 3 saturated heterocycles. The van der Waals surface area contributed by atoms with Gasteiger partial charge in [0, 0.05) is 81.0 Å². The third-order valence-electron chi connectivity index (χ3n) is 13.9. The van der Waals surface area contributed by atoms with Crippen LogP contribution in [0.15, 0.2) is 36.7 Å². The highest BCUT2D eigenvalue weighted by atomic mass is 19.1. The predicted molar refractivity (Wildman–Crippen MR) is 225 cm³/mol. The van der Waals surface area contributed by atoms with Crippen LogP contribution in [0.5, 0.6) is 11.5 Å². The lowest BCUT2D eigenvalue weighted by molar-refractivity contribution is -0.127. The van der Waals surface area contributed by atoms with E-state index in [1.54, 1.807) is 24.4 Å². The molecule has 1 unspecified atom stereocenters. The van der Waals surface area contributed by atoms with Crippen LogP contribution in [0, 0.1) is 11.7 Å². The molecule has 2 N–H and O–H groups in total. The van der Waals surface area contributed by atoms with Crippen LogP contribution in [0.2, 0.25) is 0 Å². The number of piperidine rings is 2. The van der Waals surface area contributed by atoms with Crippen LogP contribution in [-0.4, -0.2) is 125 Å². The first-order valence-electron chi connectivity index (χ1n) is 22.1. The lowest BCUT2D eigenvalue weighted by Crippen LogP contribution is -2.50. The van der Waals surface area contributed by atoms with Gasteiger partial charge in [-0.25, -0.2) is 14.4 Å². The Balaban J connectivity index is 0.677. The van der Waals surface area contributed by atoms with Crippen molar-refractivity contribution < 1.29 is 28.2 Å². The third-order valence-corrected chi connectivity index (χ3v) is 13.9. The topological polar surface area (TPSA) is 141 Å². The summed E-state index contributed by atoms with van der Waals surface area (Å²) < 4.78 is 33.5. The van der Waals surface area contributed by atoms with E-state index in [-0.39, 0.29) is 29.3 Å². The van der Waals surface area contributed by atoms with Crippen LogP contribution < -0.4 is 24.6 Å². The van der Waals surface area contributed by atoms with Gasteiger partial charge in [-0.3, -0.25) is 19.6 Å². The number of carbonyl (C=O) groups excluding carboxylic acids is 2. The second-order valence-electron chi connectivity index (χ2n) is 18.0. The van der Waals surface area contributed by atoms with Gasteiger partial charge in [0.25, 0.3) is 5.91 Å². The Morgan fingerprint density at radius 2 is 1.68 bits per heavy atom. The Morgan fingerprint density at radius 1 is 0.900 bits per heavy atom. The molecule has 6 aliphatic rings. The molecule has 0 radical (unpaired) electrons. The maximum absolute atomic E-state index is 14.8. The fraction of sp³-hybridized carbons (Fsp3) is 0.578. The molecule has 2 aromatic carbocycles. The number of nitrogens with one attached hydrogen (secondary N) is 2. The van der Waals surface area contributed by atoms with Crippen molar-refractivity contribution in [2.75, 3.05) is 69.3 Å². The van der Waals surface area contributed by atoms with Gasteiger partial charge in [-0.05, 0) is 95.2 Å². The van der Waals surface area contributed by atoms with Gasteiger partial charge in [-0.2, -0.15) is 5.10 Å². The third kappa shape index (κ3) is 7.74. The summed E-state index contributed by atoms with van der Waals surface area (Å²) in [7, 11) is 1.69. The largest absolute Gasteiger partial charge is 0.494 e. The SMILES string of the molecule is COc1c(N2CCN(C[C@H]3CC[C@H](OC4CCN(c5cc(-c6n[nH]c7cc(F)c(OC8(C)CC8)cc67)ncn5)CC4)CC3)CC2)ccc2c1CN(C1CCCNC1=O)C2=O. The fourth-order valence-electron chi connectivity index (χ4n) is 10.1. The second-order valence-corrected chi connectivity index (χ2v) is 18.0. The Morgan fingerprint density at radius 3 is 2.43 bits per heavy atom. The number of nitrogens with zero attached hydrogens (tertiary/aromatic N) is 7. The van der Waals surface area contributed by atoms with E-state index < -0.39 is 11.9 Å². The Hall–Kier alpha value is -5.02. The number of halogens is 1. The molecule has 10 rings (SSSR count). The van der Waals surface area contributed by atoms with Gasteiger partial charge in [0.2, 0.25) is 5.91 Å². The lowest BCUT2D eigenvalue weighted by Gasteiger charge is -2.40. The molecule has 15 heteroatoms. The molecule has 318 valence electrons. The molecule has 0 spiro atoms. The number of benzene rings is 2. The number of fused-ring (bicyclic) bond motifs is 2. The van der Waals surface area contributed by atoms with E-state index in [0.717, 1.165) is 119 Å². The predicted octanol–water partition coefficient (Wildman–Crippen LogP) is 5.70. The summed E-state index contributed by atoms with van der Waals surface area (Å²) in [5.41, 5.74) is 4.25. The van der Waals surface area contributed by atoms with Crippen molar-refractivity contribution >= 4 is 34.2 Å². The van der Waals surface area contributed by atoms with Crippen molar-refractivity contribution in [3.63, 3.8) is 0 Å². The maximum Gasteiger partial charge on any atom is 0.255 e. The maximum atomic E-state index is 14.8. The molecule has 5 fully saturated rings. The number of H-pyrrole nitrogens is 1. The quantitative estimate of drug-likeness (QED) is 0.193. The minimum absolute atomic E-state index is 0.0587. The zero-order valence-corrected chi connectivity index (χ0v) is 34.8. The number of amides is 2. The van der Waals surface area contributed by atoms with E-state index in [4.69, 9.17) is 14.2 Å². The summed E-state index contributed by atoms with van der Waals surface area (Å²) in [6.45, 7) is 9.72. The number of anilines is 2. The first-order valence-corrected chi connectivity index (χ1v) is 22.1. The fourth-order valence-corrected chi connectivity index (χ4v) is 10.1. The van der Waals surface area contributed by atoms with Crippen LogP contribution in [0.1, 0.15) is 87.1 Å². The standard InChI is InChI=1S/C45H56FN9O5/c1-45(13-14-45)60-39-22-32-35(23-34(39)46)50-51-41(32)36-24-40(49-27-48-36)54-16-11-30(12-17-54)59-29-7-5-28(6-8-29)25-52-18-20-53(21-19-52)37-10-9-31-33(42(37)58-2)26-55(44(31)57)38-4-3-15-47-43(38)56/h9-10,22-24,27-30,38H,3-8,11-21,25-26H2,1-2H3,(H,47,56)(H,50,51)/t28-,29-,38?. The molecule has 2 saturated carbocycles. The number of rotatable bonds is 11. The van der Waals surface area contributed by atoms with E-state index in [1.165, 1.54) is 18.9 Å². The number of piperazine rings is 1. The van der Waals surface area contributed by atoms with Crippen molar-refractivity contribution in [1.82, 2.24) is 35.3 Å². The summed E-state index contributed by atoms with van der Waals surface area (Å²) in [5.74, 6) is 2.03. The van der Waals surface area contributed by atoms with Crippen LogP contribution in [0.25, 0.3) is 22.3 Å². The van der Waals surface area contributed by atoms with E-state index in [2.05, 4.69) is 40.2 Å². The first kappa shape index (κ1) is 39.1. The van der Waals surface area contributed by atoms with Crippen LogP contribution in [-0.2, 0) is 16.1 Å². The van der Waals surface area contributed by atoms with Crippen LogP contribution in [0.4, 0.5) is 15.9 Å². The van der Waals surface area contributed by atoms with Crippen molar-refractivity contribution in [2.45, 2.75) is 102 Å². The van der Waals surface area contributed by atoms with Gasteiger partial charge in [-0.1, -0.05) is 0 Å². The summed E-state index contributed by atoms with van der Waals surface area (Å²) in [6, 6.07) is 8.70. The summed E-state index contributed by atoms with van der Waals surface area (Å²) in [6.07, 6.45) is 12.1. The average molecular weight is 822 g/mol. The minimum Gasteiger partial charge on any atom is -0.494 e. The highest BCUT2D eigenvalue weighted by Gasteiger charge is 2.42. The molecule has 4 aromatic rings. The van der Waals surface area contributed by atoms with E-state index >= 15 is 0 Å². The molecule has 2 aliphatic carbocycles. The lowest BCUT2D eigenvalue weighted by atomic mass is 9.86. The molecule has 2 amide bonds. The molecule has 1 atom stereocenters.